The van der Waals surface area contributed by atoms with Gasteiger partial charge in [-0.15, -0.1) is 0 Å². The lowest BCUT2D eigenvalue weighted by atomic mass is 9.95. The smallest absolute Gasteiger partial charge is 0.179 e. The molecule has 1 aliphatic rings. The zero-order valence-corrected chi connectivity index (χ0v) is 10.9. The van der Waals surface area contributed by atoms with E-state index >= 15 is 0 Å². The summed E-state index contributed by atoms with van der Waals surface area (Å²) in [5.74, 6) is 1.46. The first kappa shape index (κ1) is 11.3. The number of nitrogens with two attached hydrogens (primary N) is 2. The molecule has 0 unspecified atom stereocenters. The van der Waals surface area contributed by atoms with Crippen molar-refractivity contribution in [2.24, 2.45) is 0 Å². The van der Waals surface area contributed by atoms with Crippen molar-refractivity contribution in [1.29, 1.82) is 0 Å². The van der Waals surface area contributed by atoms with Crippen molar-refractivity contribution >= 4 is 22.7 Å². The third kappa shape index (κ3) is 1.56. The molecule has 4 rings (SSSR count). The maximum Gasteiger partial charge on any atom is 0.179 e. The highest BCUT2D eigenvalue weighted by Crippen LogP contribution is 2.52. The lowest BCUT2D eigenvalue weighted by Gasteiger charge is -2.12. The molecule has 0 spiro atoms. The fraction of sp³-hybridized carbons (Fsp3) is 0.200. The second-order valence-electron chi connectivity index (χ2n) is 5.40. The monoisotopic (exact) mass is 265 g/mol. The Morgan fingerprint density at radius 1 is 0.950 bits per heavy atom. The number of rotatable bonds is 2. The summed E-state index contributed by atoms with van der Waals surface area (Å²) >= 11 is 0. The van der Waals surface area contributed by atoms with Crippen molar-refractivity contribution in [3.05, 3.63) is 47.8 Å². The van der Waals surface area contributed by atoms with Gasteiger partial charge < -0.3 is 16.5 Å². The second kappa shape index (κ2) is 3.72. The van der Waals surface area contributed by atoms with Gasteiger partial charge in [0.2, 0.25) is 0 Å². The number of fused-ring (bicyclic) bond motifs is 1. The first-order chi connectivity index (χ1) is 9.67. The van der Waals surface area contributed by atoms with Crippen LogP contribution in [0.1, 0.15) is 24.2 Å². The van der Waals surface area contributed by atoms with Gasteiger partial charge in [0.15, 0.2) is 5.65 Å². The molecule has 20 heavy (non-hydrogen) atoms. The third-order valence-electron chi connectivity index (χ3n) is 4.03. The fourth-order valence-corrected chi connectivity index (χ4v) is 2.72. The van der Waals surface area contributed by atoms with Gasteiger partial charge in [-0.1, -0.05) is 12.1 Å². The van der Waals surface area contributed by atoms with E-state index in [1.54, 1.807) is 6.07 Å². The van der Waals surface area contributed by atoms with Gasteiger partial charge in [-0.05, 0) is 42.7 Å². The van der Waals surface area contributed by atoms with Crippen LogP contribution in [0.15, 0.2) is 36.4 Å². The van der Waals surface area contributed by atoms with Crippen LogP contribution in [0, 0.1) is 0 Å². The van der Waals surface area contributed by atoms with Crippen LogP contribution in [-0.4, -0.2) is 15.0 Å². The van der Waals surface area contributed by atoms with Gasteiger partial charge in [0.1, 0.15) is 11.6 Å². The number of benzene rings is 1. The van der Waals surface area contributed by atoms with Gasteiger partial charge in [-0.25, -0.2) is 9.97 Å². The van der Waals surface area contributed by atoms with Crippen LogP contribution in [0.25, 0.3) is 11.2 Å². The predicted molar refractivity (Wildman–Crippen MR) is 79.2 cm³/mol. The molecule has 0 saturated heterocycles. The van der Waals surface area contributed by atoms with Crippen molar-refractivity contribution in [2.45, 2.75) is 18.3 Å². The Hall–Kier alpha value is -2.56. The van der Waals surface area contributed by atoms with E-state index in [0.29, 0.717) is 11.5 Å². The van der Waals surface area contributed by atoms with Crippen LogP contribution < -0.4 is 11.5 Å². The number of hydrogen-bond donors (Lipinski definition) is 3. The Morgan fingerprint density at radius 3 is 2.40 bits per heavy atom. The molecule has 0 bridgehead atoms. The predicted octanol–water partition coefficient (Wildman–Crippen LogP) is 2.20. The Morgan fingerprint density at radius 2 is 1.70 bits per heavy atom. The first-order valence-corrected chi connectivity index (χ1v) is 6.66. The highest BCUT2D eigenvalue weighted by molar-refractivity contribution is 5.73. The normalized spacial score (nSPS) is 16.4. The average molecular weight is 265 g/mol. The summed E-state index contributed by atoms with van der Waals surface area (Å²) in [6, 6.07) is 11.7. The summed E-state index contributed by atoms with van der Waals surface area (Å²) in [5, 5.41) is 0. The second-order valence-corrected chi connectivity index (χ2v) is 5.40. The molecule has 2 aromatic heterocycles. The van der Waals surface area contributed by atoms with E-state index in [9.17, 15) is 0 Å². The van der Waals surface area contributed by atoms with E-state index in [4.69, 9.17) is 11.5 Å². The molecule has 5 heteroatoms. The van der Waals surface area contributed by atoms with E-state index < -0.39 is 0 Å². The average Bonchev–Trinajstić information content (AvgIpc) is 3.14. The number of imidazole rings is 1. The van der Waals surface area contributed by atoms with Crippen molar-refractivity contribution in [3.8, 4) is 0 Å². The van der Waals surface area contributed by atoms with Gasteiger partial charge in [-0.3, -0.25) is 0 Å². The number of H-pyrrole nitrogens is 1. The molecular weight excluding hydrogens is 250 g/mol. The first-order valence-electron chi connectivity index (χ1n) is 6.66. The van der Waals surface area contributed by atoms with Crippen molar-refractivity contribution < 1.29 is 0 Å². The van der Waals surface area contributed by atoms with E-state index in [1.165, 1.54) is 5.56 Å². The minimum Gasteiger partial charge on any atom is -0.399 e. The summed E-state index contributed by atoms with van der Waals surface area (Å²) in [7, 11) is 0. The molecule has 2 heterocycles. The zero-order valence-electron chi connectivity index (χ0n) is 10.9. The van der Waals surface area contributed by atoms with E-state index in [2.05, 4.69) is 27.1 Å². The Kier molecular flexibility index (Phi) is 2.10. The molecule has 3 aromatic rings. The maximum atomic E-state index is 5.76. The highest BCUT2D eigenvalue weighted by atomic mass is 15.0. The summed E-state index contributed by atoms with van der Waals surface area (Å²) in [5.41, 5.74) is 15.1. The molecule has 100 valence electrons. The van der Waals surface area contributed by atoms with Crippen LogP contribution in [0.5, 0.6) is 0 Å². The minimum atomic E-state index is -0.0108. The van der Waals surface area contributed by atoms with Gasteiger partial charge in [0.05, 0.1) is 10.9 Å². The Bertz CT molecular complexity index is 784. The van der Waals surface area contributed by atoms with E-state index in [-0.39, 0.29) is 5.41 Å². The van der Waals surface area contributed by atoms with Crippen LogP contribution in [0.2, 0.25) is 0 Å². The van der Waals surface area contributed by atoms with E-state index in [0.717, 1.165) is 29.9 Å². The highest BCUT2D eigenvalue weighted by Gasteiger charge is 2.48. The largest absolute Gasteiger partial charge is 0.399 e. The minimum absolute atomic E-state index is 0.0108. The molecule has 1 fully saturated rings. The molecular formula is C15H15N5. The number of anilines is 2. The zero-order chi connectivity index (χ0) is 13.7. The fourth-order valence-electron chi connectivity index (χ4n) is 2.72. The SMILES string of the molecule is Nc1ccc(C2(c3nc4nc(N)ccc4[nH]3)CC2)cc1. The number of nitrogen functional groups attached to an aromatic ring is 2. The Labute approximate surface area is 116 Å². The Balaban J connectivity index is 1.83. The molecule has 0 amide bonds. The molecule has 1 aromatic carbocycles. The quantitative estimate of drug-likeness (QED) is 0.619. The van der Waals surface area contributed by atoms with Gasteiger partial charge in [-0.2, -0.15) is 0 Å². The number of nitrogens with zero attached hydrogens (tertiary/aromatic N) is 2. The molecule has 5 nitrogen and oxygen atoms in total. The number of pyridine rings is 1. The topological polar surface area (TPSA) is 93.6 Å². The summed E-state index contributed by atoms with van der Waals surface area (Å²) < 4.78 is 0. The molecule has 1 aliphatic carbocycles. The summed E-state index contributed by atoms with van der Waals surface area (Å²) in [4.78, 5) is 12.3. The van der Waals surface area contributed by atoms with Crippen LogP contribution in [-0.2, 0) is 5.41 Å². The summed E-state index contributed by atoms with van der Waals surface area (Å²) in [6.07, 6.45) is 2.18. The van der Waals surface area contributed by atoms with Crippen LogP contribution >= 0.6 is 0 Å². The molecule has 0 atom stereocenters. The van der Waals surface area contributed by atoms with Crippen LogP contribution in [0.3, 0.4) is 0 Å². The standard InChI is InChI=1S/C15H15N5/c16-10-3-1-9(2-4-10)15(7-8-15)14-18-11-5-6-12(17)19-13(11)20-14/h1-6H,7-8,16H2,(H3,17,18,19,20). The molecule has 0 radical (unpaired) electrons. The number of hydrogen-bond acceptors (Lipinski definition) is 4. The maximum absolute atomic E-state index is 5.76. The van der Waals surface area contributed by atoms with E-state index in [1.807, 2.05) is 18.2 Å². The third-order valence-corrected chi connectivity index (χ3v) is 4.03. The van der Waals surface area contributed by atoms with Gasteiger partial charge in [0, 0.05) is 5.69 Å². The molecule has 1 saturated carbocycles. The van der Waals surface area contributed by atoms with Gasteiger partial charge in [0.25, 0.3) is 0 Å². The lowest BCUT2D eigenvalue weighted by Crippen LogP contribution is -2.10. The molecule has 0 aliphatic heterocycles. The van der Waals surface area contributed by atoms with Crippen LogP contribution in [0.4, 0.5) is 11.5 Å². The number of aromatic amines is 1. The molecule has 5 N–H and O–H groups in total. The van der Waals surface area contributed by atoms with Gasteiger partial charge >= 0.3 is 0 Å². The van der Waals surface area contributed by atoms with Crippen molar-refractivity contribution in [3.63, 3.8) is 0 Å². The number of nitrogens with one attached hydrogen (secondary N) is 1. The summed E-state index contributed by atoms with van der Waals surface area (Å²) in [6.45, 7) is 0. The number of aromatic nitrogens is 3. The van der Waals surface area contributed by atoms with Crippen molar-refractivity contribution in [2.75, 3.05) is 11.5 Å². The lowest BCUT2D eigenvalue weighted by molar-refractivity contribution is 0.778. The van der Waals surface area contributed by atoms with Crippen molar-refractivity contribution in [1.82, 2.24) is 15.0 Å².